The molecular weight excluding hydrogens is 372 g/mol. The zero-order chi connectivity index (χ0) is 21.0. The zero-order valence-electron chi connectivity index (χ0n) is 16.4. The third-order valence-corrected chi connectivity index (χ3v) is 4.39. The van der Waals surface area contributed by atoms with E-state index in [4.69, 9.17) is 4.74 Å². The molecule has 2 amide bonds. The quantitative estimate of drug-likeness (QED) is 0.617. The fraction of sp³-hybridized carbons (Fsp3) is 0.238. The number of carbonyl (C=O) groups is 2. The van der Waals surface area contributed by atoms with Gasteiger partial charge in [0, 0.05) is 11.4 Å². The molecular formula is C21H22N4O4. The molecule has 0 fully saturated rings. The highest BCUT2D eigenvalue weighted by Gasteiger charge is 2.18. The smallest absolute Gasteiger partial charge is 0.283 e. The van der Waals surface area contributed by atoms with E-state index < -0.39 is 11.8 Å². The summed E-state index contributed by atoms with van der Waals surface area (Å²) in [5.41, 5.74) is 1.34. The van der Waals surface area contributed by atoms with Crippen LogP contribution in [0, 0.1) is 0 Å². The molecule has 0 aliphatic rings. The maximum atomic E-state index is 12.3. The first-order valence-electron chi connectivity index (χ1n) is 9.11. The largest absolute Gasteiger partial charge is 0.496 e. The van der Waals surface area contributed by atoms with Gasteiger partial charge in [0.05, 0.1) is 18.2 Å². The van der Waals surface area contributed by atoms with Crippen molar-refractivity contribution in [2.75, 3.05) is 13.7 Å². The first kappa shape index (κ1) is 20.1. The van der Waals surface area contributed by atoms with Crippen LogP contribution >= 0.6 is 0 Å². The van der Waals surface area contributed by atoms with Crippen molar-refractivity contribution in [3.05, 3.63) is 54.1 Å². The Bertz CT molecular complexity index is 1090. The lowest BCUT2D eigenvalue weighted by molar-refractivity contribution is -0.117. The molecule has 8 nitrogen and oxygen atoms in total. The van der Waals surface area contributed by atoms with Crippen LogP contribution in [0.25, 0.3) is 10.9 Å². The number of carbonyl (C=O) groups excluding carboxylic acids is 2. The number of aromatic nitrogens is 1. The number of hydrogen-bond donors (Lipinski definition) is 2. The number of azo groups is 1. The molecule has 3 rings (SSSR count). The van der Waals surface area contributed by atoms with E-state index in [9.17, 15) is 14.7 Å². The Morgan fingerprint density at radius 2 is 1.83 bits per heavy atom. The number of amides is 2. The summed E-state index contributed by atoms with van der Waals surface area (Å²) >= 11 is 0. The van der Waals surface area contributed by atoms with Crippen molar-refractivity contribution in [1.29, 1.82) is 0 Å². The summed E-state index contributed by atoms with van der Waals surface area (Å²) in [5.74, 6) is -0.749. The Morgan fingerprint density at radius 3 is 2.55 bits per heavy atom. The number of methoxy groups -OCH3 is 1. The van der Waals surface area contributed by atoms with Crippen LogP contribution in [0.2, 0.25) is 0 Å². The second kappa shape index (κ2) is 8.55. The minimum Gasteiger partial charge on any atom is -0.496 e. The topological polar surface area (TPSA) is 105 Å². The summed E-state index contributed by atoms with van der Waals surface area (Å²) < 4.78 is 6.86. The summed E-state index contributed by atoms with van der Waals surface area (Å²) in [6.45, 7) is 3.54. The number of nitrogens with one attached hydrogen (secondary N) is 1. The highest BCUT2D eigenvalue weighted by atomic mass is 16.5. The molecule has 29 heavy (non-hydrogen) atoms. The monoisotopic (exact) mass is 394 g/mol. The van der Waals surface area contributed by atoms with Crippen LogP contribution in [0.4, 0.5) is 5.69 Å². The number of aromatic hydroxyl groups is 1. The molecule has 0 aliphatic carbocycles. The van der Waals surface area contributed by atoms with Crippen molar-refractivity contribution in [3.63, 3.8) is 0 Å². The third kappa shape index (κ3) is 4.11. The van der Waals surface area contributed by atoms with E-state index in [0.717, 1.165) is 5.52 Å². The zero-order valence-corrected chi connectivity index (χ0v) is 16.4. The Labute approximate surface area is 167 Å². The molecule has 0 spiro atoms. The molecule has 0 bridgehead atoms. The summed E-state index contributed by atoms with van der Waals surface area (Å²) in [6.07, 6.45) is 0. The van der Waals surface area contributed by atoms with Gasteiger partial charge in [-0.25, -0.2) is 0 Å². The summed E-state index contributed by atoms with van der Waals surface area (Å²) in [5, 5.41) is 21.3. The molecule has 0 saturated carbocycles. The normalized spacial score (nSPS) is 11.3. The minimum absolute atomic E-state index is 0.000285. The fourth-order valence-corrected chi connectivity index (χ4v) is 3.08. The second-order valence-electron chi connectivity index (χ2n) is 6.63. The van der Waals surface area contributed by atoms with Crippen molar-refractivity contribution in [3.8, 4) is 11.6 Å². The first-order chi connectivity index (χ1) is 13.9. The Morgan fingerprint density at radius 1 is 1.14 bits per heavy atom. The van der Waals surface area contributed by atoms with Gasteiger partial charge in [-0.15, -0.1) is 10.2 Å². The van der Waals surface area contributed by atoms with E-state index in [1.165, 1.54) is 7.11 Å². The van der Waals surface area contributed by atoms with Crippen LogP contribution in [-0.4, -0.2) is 35.1 Å². The van der Waals surface area contributed by atoms with Crippen LogP contribution in [0.3, 0.4) is 0 Å². The number of hydrogen-bond acceptors (Lipinski definition) is 5. The predicted molar refractivity (Wildman–Crippen MR) is 109 cm³/mol. The molecule has 150 valence electrons. The first-order valence-corrected chi connectivity index (χ1v) is 9.11. The molecule has 0 atom stereocenters. The molecule has 3 aromatic rings. The van der Waals surface area contributed by atoms with Crippen molar-refractivity contribution in [2.45, 2.75) is 19.9 Å². The van der Waals surface area contributed by atoms with E-state index >= 15 is 0 Å². The lowest BCUT2D eigenvalue weighted by Gasteiger charge is -2.10. The molecule has 8 heteroatoms. The summed E-state index contributed by atoms with van der Waals surface area (Å²) in [4.78, 5) is 24.4. The molecule has 0 radical (unpaired) electrons. The molecule has 1 heterocycles. The van der Waals surface area contributed by atoms with Crippen molar-refractivity contribution >= 4 is 28.4 Å². The highest BCUT2D eigenvalue weighted by Crippen LogP contribution is 2.40. The summed E-state index contributed by atoms with van der Waals surface area (Å²) in [6, 6.07) is 14.0. The van der Waals surface area contributed by atoms with E-state index in [1.54, 1.807) is 34.9 Å². The number of ether oxygens (including phenoxy) is 1. The Balaban J connectivity index is 1.75. The van der Waals surface area contributed by atoms with Crippen molar-refractivity contribution in [2.24, 2.45) is 10.2 Å². The number of rotatable bonds is 6. The molecule has 1 aromatic heterocycles. The van der Waals surface area contributed by atoms with Gasteiger partial charge in [0.1, 0.15) is 12.3 Å². The average Bonchev–Trinajstić information content (AvgIpc) is 3.01. The van der Waals surface area contributed by atoms with E-state index in [1.807, 2.05) is 32.0 Å². The van der Waals surface area contributed by atoms with Crippen LogP contribution in [0.5, 0.6) is 11.6 Å². The number of benzene rings is 2. The fourth-order valence-electron chi connectivity index (χ4n) is 3.08. The van der Waals surface area contributed by atoms with Gasteiger partial charge in [0.2, 0.25) is 5.88 Å². The number of para-hydroxylation sites is 2. The number of fused-ring (bicyclic) bond motifs is 1. The summed E-state index contributed by atoms with van der Waals surface area (Å²) in [7, 11) is 1.46. The van der Waals surface area contributed by atoms with Gasteiger partial charge in [0.25, 0.3) is 11.8 Å². The maximum Gasteiger partial charge on any atom is 0.283 e. The SMILES string of the molecule is COc1ccccc1C(=O)NCC(=O)/N=N/c1c(O)n(C(C)C)c2ccccc12. The molecule has 0 aliphatic heterocycles. The lowest BCUT2D eigenvalue weighted by Crippen LogP contribution is -2.28. The van der Waals surface area contributed by atoms with Gasteiger partial charge in [-0.05, 0) is 32.0 Å². The Kier molecular flexibility index (Phi) is 5.92. The van der Waals surface area contributed by atoms with Crippen molar-refractivity contribution in [1.82, 2.24) is 9.88 Å². The van der Waals surface area contributed by atoms with Gasteiger partial charge in [0.15, 0.2) is 5.69 Å². The van der Waals surface area contributed by atoms with Gasteiger partial charge in [-0.1, -0.05) is 30.3 Å². The van der Waals surface area contributed by atoms with Crippen LogP contribution in [0.1, 0.15) is 30.2 Å². The highest BCUT2D eigenvalue weighted by molar-refractivity contribution is 5.99. The second-order valence-corrected chi connectivity index (χ2v) is 6.63. The van der Waals surface area contributed by atoms with Gasteiger partial charge in [-0.2, -0.15) is 0 Å². The molecule has 0 unspecified atom stereocenters. The third-order valence-electron chi connectivity index (χ3n) is 4.39. The van der Waals surface area contributed by atoms with Gasteiger partial charge in [-0.3, -0.25) is 9.59 Å². The molecule has 0 saturated heterocycles. The maximum absolute atomic E-state index is 12.3. The average molecular weight is 394 g/mol. The molecule has 2 N–H and O–H groups in total. The lowest BCUT2D eigenvalue weighted by atomic mass is 10.2. The minimum atomic E-state index is -0.644. The van der Waals surface area contributed by atoms with Gasteiger partial charge < -0.3 is 19.7 Å². The predicted octanol–water partition coefficient (Wildman–Crippen LogP) is 3.98. The molecule has 2 aromatic carbocycles. The van der Waals surface area contributed by atoms with Crippen molar-refractivity contribution < 1.29 is 19.4 Å². The van der Waals surface area contributed by atoms with Crippen LogP contribution in [-0.2, 0) is 4.79 Å². The van der Waals surface area contributed by atoms with E-state index in [2.05, 4.69) is 15.5 Å². The van der Waals surface area contributed by atoms with Crippen LogP contribution < -0.4 is 10.1 Å². The van der Waals surface area contributed by atoms with E-state index in [-0.39, 0.29) is 24.2 Å². The van der Waals surface area contributed by atoms with Crippen LogP contribution in [0.15, 0.2) is 58.8 Å². The van der Waals surface area contributed by atoms with Gasteiger partial charge >= 0.3 is 0 Å². The Hall–Kier alpha value is -3.68. The number of nitrogens with zero attached hydrogens (tertiary/aromatic N) is 3. The standard InChI is InChI=1S/C21H22N4O4/c1-13(2)25-16-10-6-4-8-14(16)19(21(25)28)24-23-18(26)12-22-20(27)15-9-5-7-11-17(15)29-3/h4-11,13,28H,12H2,1-3H3,(H,22,27)/b24-23+. The van der Waals surface area contributed by atoms with E-state index in [0.29, 0.717) is 16.7 Å².